The highest BCUT2D eigenvalue weighted by atomic mass is 32.1. The summed E-state index contributed by atoms with van der Waals surface area (Å²) in [6.45, 7) is 2.07. The Kier molecular flexibility index (Phi) is 2.47. The summed E-state index contributed by atoms with van der Waals surface area (Å²) in [5.74, 6) is 5.27. The van der Waals surface area contributed by atoms with Crippen molar-refractivity contribution in [1.82, 2.24) is 4.98 Å². The van der Waals surface area contributed by atoms with Crippen LogP contribution < -0.4 is 11.3 Å². The molecule has 0 fully saturated rings. The third kappa shape index (κ3) is 1.76. The summed E-state index contributed by atoms with van der Waals surface area (Å²) in [7, 11) is 0. The van der Waals surface area contributed by atoms with E-state index >= 15 is 0 Å². The van der Waals surface area contributed by atoms with Crippen LogP contribution in [0.1, 0.15) is 5.56 Å². The predicted octanol–water partition coefficient (Wildman–Crippen LogP) is 2.40. The van der Waals surface area contributed by atoms with E-state index in [9.17, 15) is 0 Å². The first-order chi connectivity index (χ1) is 6.79. The second-order valence-corrected chi connectivity index (χ2v) is 3.91. The Balaban J connectivity index is 2.39. The third-order valence-electron chi connectivity index (χ3n) is 1.94. The number of hydrazine groups is 1. The van der Waals surface area contributed by atoms with Gasteiger partial charge in [-0.05, 0) is 13.0 Å². The van der Waals surface area contributed by atoms with Gasteiger partial charge in [-0.25, -0.2) is 10.8 Å². The van der Waals surface area contributed by atoms with Gasteiger partial charge in [0.15, 0.2) is 5.13 Å². The van der Waals surface area contributed by atoms with Gasteiger partial charge < -0.3 is 0 Å². The number of rotatable bonds is 2. The molecule has 0 atom stereocenters. The summed E-state index contributed by atoms with van der Waals surface area (Å²) < 4.78 is 0. The van der Waals surface area contributed by atoms with Gasteiger partial charge in [0, 0.05) is 10.9 Å². The Labute approximate surface area is 86.6 Å². The molecule has 0 bridgehead atoms. The van der Waals surface area contributed by atoms with E-state index < -0.39 is 0 Å². The normalized spacial score (nSPS) is 10.1. The number of nitrogen functional groups attached to an aromatic ring is 1. The summed E-state index contributed by atoms with van der Waals surface area (Å²) in [5.41, 5.74) is 5.87. The molecule has 0 unspecified atom stereocenters. The van der Waals surface area contributed by atoms with Crippen molar-refractivity contribution in [2.45, 2.75) is 6.92 Å². The molecule has 4 heteroatoms. The molecule has 3 nitrogen and oxygen atoms in total. The minimum absolute atomic E-state index is 0.738. The van der Waals surface area contributed by atoms with Crippen molar-refractivity contribution in [2.75, 3.05) is 5.43 Å². The molecule has 3 N–H and O–H groups in total. The lowest BCUT2D eigenvalue weighted by Gasteiger charge is -1.97. The van der Waals surface area contributed by atoms with Crippen molar-refractivity contribution in [3.8, 4) is 11.3 Å². The van der Waals surface area contributed by atoms with Crippen molar-refractivity contribution < 1.29 is 0 Å². The second kappa shape index (κ2) is 3.77. The first kappa shape index (κ1) is 9.18. The molecule has 0 amide bonds. The molecule has 1 aromatic carbocycles. The van der Waals surface area contributed by atoms with Crippen molar-refractivity contribution in [1.29, 1.82) is 0 Å². The Morgan fingerprint density at radius 3 is 2.93 bits per heavy atom. The molecular weight excluding hydrogens is 194 g/mol. The van der Waals surface area contributed by atoms with Crippen molar-refractivity contribution in [3.05, 3.63) is 35.2 Å². The van der Waals surface area contributed by atoms with E-state index in [1.165, 1.54) is 16.9 Å². The fourth-order valence-corrected chi connectivity index (χ4v) is 1.91. The predicted molar refractivity (Wildman–Crippen MR) is 60.1 cm³/mol. The van der Waals surface area contributed by atoms with Gasteiger partial charge in [0.05, 0.1) is 5.69 Å². The first-order valence-electron chi connectivity index (χ1n) is 4.29. The van der Waals surface area contributed by atoms with Crippen molar-refractivity contribution in [2.24, 2.45) is 5.84 Å². The molecule has 0 saturated heterocycles. The maximum Gasteiger partial charge on any atom is 0.197 e. The summed E-state index contributed by atoms with van der Waals surface area (Å²) >= 11 is 1.50. The molecule has 2 rings (SSSR count). The van der Waals surface area contributed by atoms with Crippen LogP contribution in [0.15, 0.2) is 29.6 Å². The van der Waals surface area contributed by atoms with Crippen LogP contribution in [0.3, 0.4) is 0 Å². The van der Waals surface area contributed by atoms with Gasteiger partial charge in [-0.15, -0.1) is 11.3 Å². The molecule has 14 heavy (non-hydrogen) atoms. The highest BCUT2D eigenvalue weighted by Gasteiger charge is 2.02. The Bertz CT molecular complexity index is 436. The van der Waals surface area contributed by atoms with E-state index in [0.717, 1.165) is 16.4 Å². The average Bonchev–Trinajstić information content (AvgIpc) is 2.66. The molecule has 0 aliphatic carbocycles. The first-order valence-corrected chi connectivity index (χ1v) is 5.17. The average molecular weight is 205 g/mol. The van der Waals surface area contributed by atoms with E-state index in [2.05, 4.69) is 29.5 Å². The number of nitrogens with one attached hydrogen (secondary N) is 1. The Hall–Kier alpha value is -1.39. The third-order valence-corrected chi connectivity index (χ3v) is 2.72. The van der Waals surface area contributed by atoms with Gasteiger partial charge >= 0.3 is 0 Å². The zero-order chi connectivity index (χ0) is 9.97. The number of aromatic nitrogens is 1. The van der Waals surface area contributed by atoms with Crippen LogP contribution in [-0.4, -0.2) is 4.98 Å². The monoisotopic (exact) mass is 205 g/mol. The number of benzene rings is 1. The van der Waals surface area contributed by atoms with Gasteiger partial charge in [-0.2, -0.15) is 0 Å². The molecule has 0 aliphatic heterocycles. The van der Waals surface area contributed by atoms with Crippen molar-refractivity contribution in [3.63, 3.8) is 0 Å². The number of nitrogens with zero attached hydrogens (tertiary/aromatic N) is 1. The summed E-state index contributed by atoms with van der Waals surface area (Å²) in [6, 6.07) is 8.25. The van der Waals surface area contributed by atoms with Gasteiger partial charge in [0.25, 0.3) is 0 Å². The Morgan fingerprint density at radius 2 is 2.29 bits per heavy atom. The van der Waals surface area contributed by atoms with Crippen LogP contribution in [0.2, 0.25) is 0 Å². The number of nitrogens with two attached hydrogens (primary N) is 1. The molecule has 0 spiro atoms. The van der Waals surface area contributed by atoms with Crippen LogP contribution in [0, 0.1) is 6.92 Å². The highest BCUT2D eigenvalue weighted by molar-refractivity contribution is 7.14. The second-order valence-electron chi connectivity index (χ2n) is 3.05. The van der Waals surface area contributed by atoms with E-state index in [4.69, 9.17) is 5.84 Å². The highest BCUT2D eigenvalue weighted by Crippen LogP contribution is 2.24. The van der Waals surface area contributed by atoms with Crippen LogP contribution >= 0.6 is 11.3 Å². The lowest BCUT2D eigenvalue weighted by molar-refractivity contribution is 1.29. The summed E-state index contributed by atoms with van der Waals surface area (Å²) in [4.78, 5) is 4.32. The maximum atomic E-state index is 5.27. The van der Waals surface area contributed by atoms with Crippen LogP contribution in [-0.2, 0) is 0 Å². The fourth-order valence-electron chi connectivity index (χ4n) is 1.28. The number of aryl methyl sites for hydroxylation is 1. The van der Waals surface area contributed by atoms with Gasteiger partial charge in [0.2, 0.25) is 0 Å². The Morgan fingerprint density at radius 1 is 1.43 bits per heavy atom. The fraction of sp³-hybridized carbons (Fsp3) is 0.100. The largest absolute Gasteiger partial charge is 0.300 e. The number of hydrogen-bond acceptors (Lipinski definition) is 4. The summed E-state index contributed by atoms with van der Waals surface area (Å²) in [6.07, 6.45) is 0. The molecule has 0 radical (unpaired) electrons. The molecule has 2 aromatic rings. The van der Waals surface area contributed by atoms with E-state index in [1.54, 1.807) is 0 Å². The smallest absolute Gasteiger partial charge is 0.197 e. The quantitative estimate of drug-likeness (QED) is 0.584. The molecule has 0 aliphatic rings. The minimum atomic E-state index is 0.738. The molecule has 1 aromatic heterocycles. The van der Waals surface area contributed by atoms with E-state index in [1.807, 2.05) is 17.5 Å². The standard InChI is InChI=1S/C10H11N3S/c1-7-3-2-4-8(5-7)9-6-14-10(12-9)13-11/h2-6H,11H2,1H3,(H,12,13). The minimum Gasteiger partial charge on any atom is -0.300 e. The SMILES string of the molecule is Cc1cccc(-c2csc(NN)n2)c1. The van der Waals surface area contributed by atoms with Gasteiger partial charge in [0.1, 0.15) is 0 Å². The number of anilines is 1. The van der Waals surface area contributed by atoms with E-state index in [-0.39, 0.29) is 0 Å². The lowest BCUT2D eigenvalue weighted by Crippen LogP contribution is -2.05. The maximum absolute atomic E-state index is 5.27. The molecular formula is C10H11N3S. The van der Waals surface area contributed by atoms with Gasteiger partial charge in [-0.1, -0.05) is 23.8 Å². The van der Waals surface area contributed by atoms with Gasteiger partial charge in [-0.3, -0.25) is 5.43 Å². The molecule has 1 heterocycles. The van der Waals surface area contributed by atoms with E-state index in [0.29, 0.717) is 0 Å². The van der Waals surface area contributed by atoms with Crippen LogP contribution in [0.25, 0.3) is 11.3 Å². The molecule has 0 saturated carbocycles. The topological polar surface area (TPSA) is 50.9 Å². The summed E-state index contributed by atoms with van der Waals surface area (Å²) in [5, 5.41) is 2.73. The zero-order valence-corrected chi connectivity index (χ0v) is 8.64. The van der Waals surface area contributed by atoms with Crippen LogP contribution in [0.4, 0.5) is 5.13 Å². The number of hydrogen-bond donors (Lipinski definition) is 2. The zero-order valence-electron chi connectivity index (χ0n) is 7.82. The molecule has 72 valence electrons. The lowest BCUT2D eigenvalue weighted by atomic mass is 10.1. The van der Waals surface area contributed by atoms with Crippen LogP contribution in [0.5, 0.6) is 0 Å². The van der Waals surface area contributed by atoms with Crippen molar-refractivity contribution >= 4 is 16.5 Å². The number of thiazole rings is 1.